The van der Waals surface area contributed by atoms with Crippen LogP contribution in [-0.4, -0.2) is 31.7 Å². The average Bonchev–Trinajstić information content (AvgIpc) is 2.75. The summed E-state index contributed by atoms with van der Waals surface area (Å²) in [5.74, 6) is 1.29. The molecule has 1 aromatic heterocycles. The number of amides is 1. The first-order valence-corrected chi connectivity index (χ1v) is 8.97. The van der Waals surface area contributed by atoms with Crippen LogP contribution in [0.15, 0.2) is 66.9 Å². The Bertz CT molecular complexity index is 912. The maximum atomic E-state index is 12.4. The van der Waals surface area contributed by atoms with Crippen molar-refractivity contribution in [1.82, 2.24) is 4.98 Å². The van der Waals surface area contributed by atoms with Gasteiger partial charge >= 0.3 is 0 Å². The largest absolute Gasteiger partial charge is 0.493 e. The second-order valence-electron chi connectivity index (χ2n) is 6.12. The van der Waals surface area contributed by atoms with E-state index in [1.165, 1.54) is 12.7 Å². The van der Waals surface area contributed by atoms with Crippen molar-refractivity contribution >= 4 is 17.4 Å². The van der Waals surface area contributed by atoms with Gasteiger partial charge in [-0.25, -0.2) is 4.98 Å². The molecule has 2 N–H and O–H groups in total. The molecule has 0 aliphatic carbocycles. The number of pyridine rings is 1. The molecule has 144 valence electrons. The minimum Gasteiger partial charge on any atom is -0.493 e. The van der Waals surface area contributed by atoms with Gasteiger partial charge in [-0.1, -0.05) is 30.3 Å². The third-order valence-electron chi connectivity index (χ3n) is 4.24. The Morgan fingerprint density at radius 1 is 0.964 bits per heavy atom. The highest BCUT2D eigenvalue weighted by molar-refractivity contribution is 6.04. The maximum Gasteiger partial charge on any atom is 0.256 e. The number of rotatable bonds is 8. The van der Waals surface area contributed by atoms with Crippen molar-refractivity contribution in [3.05, 3.63) is 78.0 Å². The zero-order valence-electron chi connectivity index (χ0n) is 15.9. The molecule has 2 aromatic carbocycles. The molecular weight excluding hydrogens is 354 g/mol. The Labute approximate surface area is 164 Å². The van der Waals surface area contributed by atoms with Gasteiger partial charge in [0.1, 0.15) is 5.82 Å². The number of aromatic nitrogens is 1. The highest BCUT2D eigenvalue weighted by Gasteiger charge is 2.11. The van der Waals surface area contributed by atoms with E-state index in [0.717, 1.165) is 18.7 Å². The first-order chi connectivity index (χ1) is 13.7. The lowest BCUT2D eigenvalue weighted by Gasteiger charge is -2.10. The molecule has 0 aliphatic heterocycles. The molecule has 6 nitrogen and oxygen atoms in total. The van der Waals surface area contributed by atoms with Crippen molar-refractivity contribution in [3.8, 4) is 11.5 Å². The van der Waals surface area contributed by atoms with Crippen LogP contribution in [0.4, 0.5) is 11.5 Å². The summed E-state index contributed by atoms with van der Waals surface area (Å²) in [4.78, 5) is 16.7. The van der Waals surface area contributed by atoms with E-state index in [0.29, 0.717) is 22.9 Å². The lowest BCUT2D eigenvalue weighted by atomic mass is 10.1. The van der Waals surface area contributed by atoms with E-state index in [1.54, 1.807) is 37.6 Å². The van der Waals surface area contributed by atoms with Gasteiger partial charge in [-0.3, -0.25) is 4.79 Å². The van der Waals surface area contributed by atoms with Crippen LogP contribution in [0.3, 0.4) is 0 Å². The van der Waals surface area contributed by atoms with Crippen LogP contribution in [0.1, 0.15) is 15.9 Å². The summed E-state index contributed by atoms with van der Waals surface area (Å²) >= 11 is 0. The molecule has 28 heavy (non-hydrogen) atoms. The van der Waals surface area contributed by atoms with E-state index in [4.69, 9.17) is 9.47 Å². The Morgan fingerprint density at radius 3 is 2.43 bits per heavy atom. The number of carbonyl (C=O) groups is 1. The van der Waals surface area contributed by atoms with E-state index >= 15 is 0 Å². The number of hydrogen-bond donors (Lipinski definition) is 2. The fraction of sp³-hybridized carbons (Fsp3) is 0.182. The minimum atomic E-state index is -0.266. The molecule has 0 bridgehead atoms. The molecule has 6 heteroatoms. The smallest absolute Gasteiger partial charge is 0.256 e. The lowest BCUT2D eigenvalue weighted by molar-refractivity contribution is 0.102. The summed E-state index contributed by atoms with van der Waals surface area (Å²) in [6.45, 7) is 0.809. The first-order valence-electron chi connectivity index (χ1n) is 8.97. The predicted octanol–water partition coefficient (Wildman–Crippen LogP) is 4.01. The van der Waals surface area contributed by atoms with Crippen LogP contribution in [-0.2, 0) is 6.42 Å². The molecule has 0 saturated carbocycles. The van der Waals surface area contributed by atoms with Gasteiger partial charge in [0.2, 0.25) is 0 Å². The molecule has 0 unspecified atom stereocenters. The highest BCUT2D eigenvalue weighted by Crippen LogP contribution is 2.27. The fourth-order valence-electron chi connectivity index (χ4n) is 2.73. The molecule has 3 rings (SSSR count). The van der Waals surface area contributed by atoms with Crippen LogP contribution in [0, 0.1) is 0 Å². The summed E-state index contributed by atoms with van der Waals surface area (Å²) in [6, 6.07) is 18.9. The van der Waals surface area contributed by atoms with Gasteiger partial charge in [0.25, 0.3) is 5.91 Å². The molecule has 3 aromatic rings. The van der Waals surface area contributed by atoms with Gasteiger partial charge in [0.05, 0.1) is 26.1 Å². The number of methoxy groups -OCH3 is 2. The van der Waals surface area contributed by atoms with Gasteiger partial charge in [0.15, 0.2) is 11.5 Å². The summed E-state index contributed by atoms with van der Waals surface area (Å²) in [6.07, 6.45) is 2.63. The van der Waals surface area contributed by atoms with Crippen LogP contribution in [0.25, 0.3) is 0 Å². The van der Waals surface area contributed by atoms with Crippen LogP contribution < -0.4 is 20.1 Å². The normalized spacial score (nSPS) is 10.2. The number of ether oxygens (including phenoxy) is 2. The van der Waals surface area contributed by atoms with E-state index in [2.05, 4.69) is 27.8 Å². The monoisotopic (exact) mass is 377 g/mol. The number of nitrogens with zero attached hydrogens (tertiary/aromatic N) is 1. The van der Waals surface area contributed by atoms with Gasteiger partial charge in [0, 0.05) is 12.1 Å². The minimum absolute atomic E-state index is 0.266. The van der Waals surface area contributed by atoms with E-state index in [1.807, 2.05) is 24.3 Å². The van der Waals surface area contributed by atoms with Crippen molar-refractivity contribution in [2.75, 3.05) is 31.4 Å². The van der Waals surface area contributed by atoms with Gasteiger partial charge in [-0.15, -0.1) is 0 Å². The Hall–Kier alpha value is -3.54. The van der Waals surface area contributed by atoms with Gasteiger partial charge in [-0.05, 0) is 42.3 Å². The molecule has 0 fully saturated rings. The molecule has 0 spiro atoms. The van der Waals surface area contributed by atoms with Crippen molar-refractivity contribution in [1.29, 1.82) is 0 Å². The van der Waals surface area contributed by atoms with E-state index < -0.39 is 0 Å². The van der Waals surface area contributed by atoms with E-state index in [-0.39, 0.29) is 5.91 Å². The number of anilines is 2. The second-order valence-corrected chi connectivity index (χ2v) is 6.12. The highest BCUT2D eigenvalue weighted by atomic mass is 16.5. The SMILES string of the molecule is COc1ccc(C(=O)Nc2ccc(NCCc3ccccc3)cn2)cc1OC. The number of carbonyl (C=O) groups excluding carboxylic acids is 1. The van der Waals surface area contributed by atoms with Crippen molar-refractivity contribution in [3.63, 3.8) is 0 Å². The predicted molar refractivity (Wildman–Crippen MR) is 110 cm³/mol. The molecule has 0 atom stereocenters. The molecule has 0 saturated heterocycles. The summed E-state index contributed by atoms with van der Waals surface area (Å²) in [5, 5.41) is 6.11. The topological polar surface area (TPSA) is 72.5 Å². The summed E-state index contributed by atoms with van der Waals surface area (Å²) in [5.41, 5.74) is 2.64. The molecule has 0 radical (unpaired) electrons. The van der Waals surface area contributed by atoms with Gasteiger partial charge in [-0.2, -0.15) is 0 Å². The third kappa shape index (κ3) is 5.01. The van der Waals surface area contributed by atoms with Crippen LogP contribution >= 0.6 is 0 Å². The van der Waals surface area contributed by atoms with E-state index in [9.17, 15) is 4.79 Å². The van der Waals surface area contributed by atoms with Crippen molar-refractivity contribution in [2.45, 2.75) is 6.42 Å². The second kappa shape index (κ2) is 9.41. The third-order valence-corrected chi connectivity index (χ3v) is 4.24. The van der Waals surface area contributed by atoms with Crippen molar-refractivity contribution in [2.24, 2.45) is 0 Å². The summed E-state index contributed by atoms with van der Waals surface area (Å²) in [7, 11) is 3.08. The standard InChI is InChI=1S/C22H23N3O3/c1-27-19-10-8-17(14-20(19)28-2)22(26)25-21-11-9-18(15-24-21)23-13-12-16-6-4-3-5-7-16/h3-11,14-15,23H,12-13H2,1-2H3,(H,24,25,26). The van der Waals surface area contributed by atoms with Crippen LogP contribution in [0.5, 0.6) is 11.5 Å². The Morgan fingerprint density at radius 2 is 1.75 bits per heavy atom. The van der Waals surface area contributed by atoms with Gasteiger partial charge < -0.3 is 20.1 Å². The Kier molecular flexibility index (Phi) is 6.46. The first kappa shape index (κ1) is 19.2. The molecule has 0 aliphatic rings. The maximum absolute atomic E-state index is 12.4. The number of hydrogen-bond acceptors (Lipinski definition) is 5. The van der Waals surface area contributed by atoms with Crippen molar-refractivity contribution < 1.29 is 14.3 Å². The number of benzene rings is 2. The van der Waals surface area contributed by atoms with Crippen LogP contribution in [0.2, 0.25) is 0 Å². The summed E-state index contributed by atoms with van der Waals surface area (Å²) < 4.78 is 10.4. The lowest BCUT2D eigenvalue weighted by Crippen LogP contribution is -2.13. The molecular formula is C22H23N3O3. The fourth-order valence-corrected chi connectivity index (χ4v) is 2.73. The average molecular weight is 377 g/mol. The Balaban J connectivity index is 1.55. The number of nitrogens with one attached hydrogen (secondary N) is 2. The zero-order chi connectivity index (χ0) is 19.8. The quantitative estimate of drug-likeness (QED) is 0.621. The molecule has 1 amide bonds. The molecule has 1 heterocycles. The zero-order valence-corrected chi connectivity index (χ0v) is 15.9.